The summed E-state index contributed by atoms with van der Waals surface area (Å²) in [6.45, 7) is 6.18. The van der Waals surface area contributed by atoms with E-state index in [9.17, 15) is 8.42 Å². The Balaban J connectivity index is 1.22. The topological polar surface area (TPSA) is 111 Å². The third-order valence-electron chi connectivity index (χ3n) is 7.93. The van der Waals surface area contributed by atoms with Gasteiger partial charge in [-0.1, -0.05) is 12.1 Å². The van der Waals surface area contributed by atoms with Gasteiger partial charge in [-0.15, -0.1) is 5.10 Å². The molecule has 1 saturated carbocycles. The van der Waals surface area contributed by atoms with Crippen LogP contribution in [0.25, 0.3) is 0 Å². The lowest BCUT2D eigenvalue weighted by Gasteiger charge is -2.23. The van der Waals surface area contributed by atoms with E-state index in [0.717, 1.165) is 30.5 Å². The minimum Gasteiger partial charge on any atom is -0.497 e. The largest absolute Gasteiger partial charge is 0.497 e. The summed E-state index contributed by atoms with van der Waals surface area (Å²) in [6.07, 6.45) is 4.18. The molecule has 1 fully saturated rings. The maximum atomic E-state index is 16.0. The number of fused-ring (bicyclic) bond motifs is 1. The van der Waals surface area contributed by atoms with Gasteiger partial charge in [-0.2, -0.15) is 14.5 Å². The van der Waals surface area contributed by atoms with Crippen molar-refractivity contribution in [2.24, 2.45) is 0 Å². The number of sulfonamides is 1. The minimum atomic E-state index is -3.84. The number of hydrogen-bond acceptors (Lipinski definition) is 8. The molecule has 0 spiro atoms. The van der Waals surface area contributed by atoms with Gasteiger partial charge in [0.2, 0.25) is 15.9 Å². The summed E-state index contributed by atoms with van der Waals surface area (Å²) in [7, 11) is -2.27. The third-order valence-corrected chi connectivity index (χ3v) is 9.81. The van der Waals surface area contributed by atoms with Gasteiger partial charge in [0.1, 0.15) is 17.7 Å². The summed E-state index contributed by atoms with van der Waals surface area (Å²) in [5.74, 6) is 1.41. The van der Waals surface area contributed by atoms with E-state index in [1.807, 2.05) is 31.5 Å². The number of benzene rings is 2. The van der Waals surface area contributed by atoms with Gasteiger partial charge in [0.15, 0.2) is 5.82 Å². The predicted molar refractivity (Wildman–Crippen MR) is 159 cm³/mol. The first-order valence-electron chi connectivity index (χ1n) is 14.3. The van der Waals surface area contributed by atoms with Crippen molar-refractivity contribution in [3.8, 4) is 11.6 Å². The van der Waals surface area contributed by atoms with E-state index in [4.69, 9.17) is 14.6 Å². The Bertz CT molecular complexity index is 1720. The molecule has 1 aliphatic heterocycles. The molecule has 2 aliphatic rings. The molecule has 2 atom stereocenters. The van der Waals surface area contributed by atoms with Gasteiger partial charge in [-0.25, -0.2) is 17.5 Å². The van der Waals surface area contributed by atoms with Crippen LogP contribution in [0.3, 0.4) is 0 Å². The second-order valence-electron chi connectivity index (χ2n) is 12.0. The second-order valence-corrected chi connectivity index (χ2v) is 13.9. The standard InChI is InChI=1S/C31H35FN6O4S/c1-31(2,3)38-28(17-26(36-38)21-9-12-23(16-21)42-29-6-5-15-33-35-29)34-25-13-14-27-24(30(25)32)19-37(43(27,39)40)18-20-7-10-22(41-4)11-8-20/h5-8,10-11,13-15,17,21,23,34H,9,12,16,18-19H2,1-4H3. The lowest BCUT2D eigenvalue weighted by atomic mass is 10.0. The zero-order valence-electron chi connectivity index (χ0n) is 24.6. The van der Waals surface area contributed by atoms with Crippen molar-refractivity contribution in [2.45, 2.75) is 75.6 Å². The molecular weight excluding hydrogens is 571 g/mol. The van der Waals surface area contributed by atoms with Crippen molar-refractivity contribution in [1.82, 2.24) is 24.3 Å². The first-order chi connectivity index (χ1) is 20.5. The van der Waals surface area contributed by atoms with Crippen molar-refractivity contribution in [2.75, 3.05) is 12.4 Å². The van der Waals surface area contributed by atoms with Crippen LogP contribution in [-0.2, 0) is 28.7 Å². The molecule has 2 aromatic heterocycles. The number of nitrogens with one attached hydrogen (secondary N) is 1. The highest BCUT2D eigenvalue weighted by molar-refractivity contribution is 7.89. The number of methoxy groups -OCH3 is 1. The molecular formula is C31H35FN6O4S. The quantitative estimate of drug-likeness (QED) is 0.270. The first kappa shape index (κ1) is 29.1. The number of anilines is 2. The first-order valence-corrected chi connectivity index (χ1v) is 15.7. The van der Waals surface area contributed by atoms with Crippen LogP contribution in [0.15, 0.2) is 65.7 Å². The summed E-state index contributed by atoms with van der Waals surface area (Å²) in [4.78, 5) is -0.00539. The Labute approximate surface area is 250 Å². The number of hydrogen-bond donors (Lipinski definition) is 1. The van der Waals surface area contributed by atoms with Crippen molar-refractivity contribution < 1.29 is 22.3 Å². The Morgan fingerprint density at radius 1 is 1.09 bits per heavy atom. The van der Waals surface area contributed by atoms with E-state index in [-0.39, 0.29) is 46.8 Å². The molecule has 2 unspecified atom stereocenters. The highest BCUT2D eigenvalue weighted by Gasteiger charge is 2.38. The number of rotatable bonds is 8. The molecule has 0 saturated heterocycles. The molecule has 2 aromatic carbocycles. The maximum Gasteiger partial charge on any atom is 0.244 e. The summed E-state index contributed by atoms with van der Waals surface area (Å²) < 4.78 is 56.9. The molecule has 43 heavy (non-hydrogen) atoms. The fraction of sp³-hybridized carbons (Fsp3) is 0.387. The minimum absolute atomic E-state index is 0.00539. The third kappa shape index (κ3) is 5.81. The van der Waals surface area contributed by atoms with Crippen LogP contribution in [0, 0.1) is 5.82 Å². The van der Waals surface area contributed by atoms with Crippen LogP contribution < -0.4 is 14.8 Å². The van der Waals surface area contributed by atoms with Gasteiger partial charge in [0.05, 0.1) is 28.9 Å². The van der Waals surface area contributed by atoms with Gasteiger partial charge >= 0.3 is 0 Å². The van der Waals surface area contributed by atoms with Crippen molar-refractivity contribution in [1.29, 1.82) is 0 Å². The molecule has 10 nitrogen and oxygen atoms in total. The summed E-state index contributed by atoms with van der Waals surface area (Å²) in [5.41, 5.74) is 1.65. The summed E-state index contributed by atoms with van der Waals surface area (Å²) in [5, 5.41) is 16.1. The Kier molecular flexibility index (Phi) is 7.59. The Hall–Kier alpha value is -4.03. The molecule has 6 rings (SSSR count). The molecule has 12 heteroatoms. The molecule has 3 heterocycles. The number of nitrogens with zero attached hydrogens (tertiary/aromatic N) is 5. The van der Waals surface area contributed by atoms with Crippen LogP contribution in [0.2, 0.25) is 0 Å². The molecule has 1 N–H and O–H groups in total. The summed E-state index contributed by atoms with van der Waals surface area (Å²) in [6, 6.07) is 15.7. The van der Waals surface area contributed by atoms with Gasteiger partial charge in [-0.3, -0.25) is 0 Å². The second kappa shape index (κ2) is 11.2. The number of aromatic nitrogens is 4. The Morgan fingerprint density at radius 2 is 1.88 bits per heavy atom. The van der Waals surface area contributed by atoms with Crippen LogP contribution >= 0.6 is 0 Å². The Morgan fingerprint density at radius 3 is 2.58 bits per heavy atom. The zero-order chi connectivity index (χ0) is 30.4. The number of halogens is 1. The van der Waals surface area contributed by atoms with E-state index in [0.29, 0.717) is 17.4 Å². The van der Waals surface area contributed by atoms with Crippen LogP contribution in [0.5, 0.6) is 11.6 Å². The average Bonchev–Trinajstić information content (AvgIpc) is 3.68. The lowest BCUT2D eigenvalue weighted by Crippen LogP contribution is -2.25. The smallest absolute Gasteiger partial charge is 0.244 e. The molecule has 226 valence electrons. The molecule has 4 aromatic rings. The van der Waals surface area contributed by atoms with Crippen molar-refractivity contribution >= 4 is 21.5 Å². The van der Waals surface area contributed by atoms with E-state index in [1.165, 1.54) is 16.4 Å². The molecule has 0 amide bonds. The fourth-order valence-electron chi connectivity index (χ4n) is 5.74. The van der Waals surface area contributed by atoms with E-state index < -0.39 is 15.8 Å². The van der Waals surface area contributed by atoms with Gasteiger partial charge in [-0.05, 0) is 75.9 Å². The average molecular weight is 607 g/mol. The van der Waals surface area contributed by atoms with Crippen LogP contribution in [0.1, 0.15) is 62.8 Å². The van der Waals surface area contributed by atoms with Crippen molar-refractivity contribution in [3.05, 3.63) is 83.4 Å². The van der Waals surface area contributed by atoms with Gasteiger partial charge in [0, 0.05) is 42.9 Å². The highest BCUT2D eigenvalue weighted by Crippen LogP contribution is 2.40. The number of ether oxygens (including phenoxy) is 2. The zero-order valence-corrected chi connectivity index (χ0v) is 25.4. The highest BCUT2D eigenvalue weighted by atomic mass is 32.2. The summed E-state index contributed by atoms with van der Waals surface area (Å²) >= 11 is 0. The molecule has 0 radical (unpaired) electrons. The predicted octanol–water partition coefficient (Wildman–Crippen LogP) is 5.74. The van der Waals surface area contributed by atoms with Gasteiger partial charge in [0.25, 0.3) is 0 Å². The molecule has 1 aliphatic carbocycles. The van der Waals surface area contributed by atoms with E-state index >= 15 is 4.39 Å². The van der Waals surface area contributed by atoms with Crippen LogP contribution in [0.4, 0.5) is 15.9 Å². The maximum absolute atomic E-state index is 16.0. The van der Waals surface area contributed by atoms with Crippen molar-refractivity contribution in [3.63, 3.8) is 0 Å². The van der Waals surface area contributed by atoms with Crippen LogP contribution in [-0.4, -0.2) is 45.9 Å². The SMILES string of the molecule is COc1ccc(CN2Cc3c(ccc(Nc4cc(C5CCC(Oc6cccnn6)C5)nn4C(C)(C)C)c3F)S2(=O)=O)cc1. The molecule has 0 bridgehead atoms. The fourth-order valence-corrected chi connectivity index (χ4v) is 7.34. The monoisotopic (exact) mass is 606 g/mol. The van der Waals surface area contributed by atoms with E-state index in [2.05, 4.69) is 15.5 Å². The van der Waals surface area contributed by atoms with Gasteiger partial charge < -0.3 is 14.8 Å². The lowest BCUT2D eigenvalue weighted by molar-refractivity contribution is 0.197. The van der Waals surface area contributed by atoms with E-state index in [1.54, 1.807) is 49.7 Å². The normalized spacial score (nSPS) is 19.7.